The van der Waals surface area contributed by atoms with Crippen LogP contribution in [0.4, 0.5) is 5.69 Å². The van der Waals surface area contributed by atoms with Crippen LogP contribution in [-0.2, 0) is 6.42 Å². The fourth-order valence-electron chi connectivity index (χ4n) is 2.39. The SMILES string of the molecule is CCc1ccccc1C(C)=Nc1c(C)cccc1C. The van der Waals surface area contributed by atoms with E-state index in [9.17, 15) is 0 Å². The largest absolute Gasteiger partial charge is 0.253 e. The monoisotopic (exact) mass is 251 g/mol. The highest BCUT2D eigenvalue weighted by Crippen LogP contribution is 2.24. The zero-order valence-corrected chi connectivity index (χ0v) is 12.2. The number of rotatable bonds is 3. The Morgan fingerprint density at radius 2 is 1.58 bits per heavy atom. The lowest BCUT2D eigenvalue weighted by Crippen LogP contribution is -2.00. The van der Waals surface area contributed by atoms with Crippen LogP contribution in [0.5, 0.6) is 0 Å². The summed E-state index contributed by atoms with van der Waals surface area (Å²) in [5.74, 6) is 0. The molecule has 0 saturated heterocycles. The summed E-state index contributed by atoms with van der Waals surface area (Å²) in [6, 6.07) is 14.8. The van der Waals surface area contributed by atoms with Crippen LogP contribution in [0.1, 0.15) is 36.1 Å². The van der Waals surface area contributed by atoms with Gasteiger partial charge in [-0.3, -0.25) is 4.99 Å². The van der Waals surface area contributed by atoms with E-state index < -0.39 is 0 Å². The molecule has 2 aromatic carbocycles. The molecular weight excluding hydrogens is 230 g/mol. The Morgan fingerprint density at radius 1 is 0.947 bits per heavy atom. The van der Waals surface area contributed by atoms with Crippen LogP contribution in [0.3, 0.4) is 0 Å². The van der Waals surface area contributed by atoms with Crippen LogP contribution in [0.2, 0.25) is 0 Å². The first-order chi connectivity index (χ1) is 9.13. The maximum Gasteiger partial charge on any atom is 0.0691 e. The number of aryl methyl sites for hydroxylation is 3. The Balaban J connectivity index is 2.49. The summed E-state index contributed by atoms with van der Waals surface area (Å²) < 4.78 is 0. The van der Waals surface area contributed by atoms with Gasteiger partial charge in [-0.1, -0.05) is 49.4 Å². The Hall–Kier alpha value is -1.89. The van der Waals surface area contributed by atoms with Crippen molar-refractivity contribution in [3.05, 3.63) is 64.7 Å². The van der Waals surface area contributed by atoms with Gasteiger partial charge in [-0.05, 0) is 49.4 Å². The van der Waals surface area contributed by atoms with E-state index in [-0.39, 0.29) is 0 Å². The van der Waals surface area contributed by atoms with Crippen LogP contribution in [0.25, 0.3) is 0 Å². The van der Waals surface area contributed by atoms with Crippen LogP contribution < -0.4 is 0 Å². The van der Waals surface area contributed by atoms with Crippen LogP contribution in [0, 0.1) is 13.8 Å². The molecule has 2 rings (SSSR count). The fourth-order valence-corrected chi connectivity index (χ4v) is 2.39. The Labute approximate surface area is 116 Å². The number of hydrogen-bond acceptors (Lipinski definition) is 1. The smallest absolute Gasteiger partial charge is 0.0691 e. The van der Waals surface area contributed by atoms with Crippen LogP contribution in [-0.4, -0.2) is 5.71 Å². The molecule has 0 aromatic heterocycles. The molecule has 19 heavy (non-hydrogen) atoms. The fraction of sp³-hybridized carbons (Fsp3) is 0.278. The molecule has 2 aromatic rings. The second-order valence-corrected chi connectivity index (χ2v) is 4.95. The second kappa shape index (κ2) is 5.83. The molecule has 0 amide bonds. The van der Waals surface area contributed by atoms with Crippen molar-refractivity contribution in [2.24, 2.45) is 4.99 Å². The number of aliphatic imine (C=N–C) groups is 1. The minimum atomic E-state index is 1.04. The van der Waals surface area contributed by atoms with Crippen molar-refractivity contribution in [3.63, 3.8) is 0 Å². The van der Waals surface area contributed by atoms with E-state index in [1.165, 1.54) is 22.3 Å². The van der Waals surface area contributed by atoms with Gasteiger partial charge in [0.15, 0.2) is 0 Å². The van der Waals surface area contributed by atoms with Crippen molar-refractivity contribution in [1.82, 2.24) is 0 Å². The van der Waals surface area contributed by atoms with Crippen molar-refractivity contribution in [2.75, 3.05) is 0 Å². The molecule has 0 spiro atoms. The molecule has 0 atom stereocenters. The maximum absolute atomic E-state index is 4.85. The quantitative estimate of drug-likeness (QED) is 0.680. The molecule has 0 fully saturated rings. The molecular formula is C18H21N. The summed E-state index contributed by atoms with van der Waals surface area (Å²) in [4.78, 5) is 4.85. The summed E-state index contributed by atoms with van der Waals surface area (Å²) in [6.45, 7) is 8.52. The summed E-state index contributed by atoms with van der Waals surface area (Å²) >= 11 is 0. The van der Waals surface area contributed by atoms with Gasteiger partial charge < -0.3 is 0 Å². The third kappa shape index (κ3) is 2.93. The molecule has 1 nitrogen and oxygen atoms in total. The molecule has 0 radical (unpaired) electrons. The van der Waals surface area contributed by atoms with Gasteiger partial charge in [0.2, 0.25) is 0 Å². The van der Waals surface area contributed by atoms with Crippen molar-refractivity contribution in [2.45, 2.75) is 34.1 Å². The molecule has 0 N–H and O–H groups in total. The average molecular weight is 251 g/mol. The number of benzene rings is 2. The standard InChI is InChI=1S/C18H21N/c1-5-16-11-6-7-12-17(16)15(4)19-18-13(2)9-8-10-14(18)3/h6-12H,5H2,1-4H3. The summed E-state index contributed by atoms with van der Waals surface area (Å²) in [5, 5.41) is 0. The van der Waals surface area contributed by atoms with Gasteiger partial charge in [0.1, 0.15) is 0 Å². The summed E-state index contributed by atoms with van der Waals surface area (Å²) in [7, 11) is 0. The van der Waals surface area contributed by atoms with E-state index in [0.717, 1.165) is 17.8 Å². The van der Waals surface area contributed by atoms with E-state index in [2.05, 4.69) is 70.2 Å². The highest BCUT2D eigenvalue weighted by molar-refractivity contribution is 6.01. The minimum Gasteiger partial charge on any atom is -0.253 e. The Kier molecular flexibility index (Phi) is 4.16. The van der Waals surface area contributed by atoms with Gasteiger partial charge >= 0.3 is 0 Å². The van der Waals surface area contributed by atoms with Gasteiger partial charge in [0.05, 0.1) is 5.69 Å². The Morgan fingerprint density at radius 3 is 2.21 bits per heavy atom. The topological polar surface area (TPSA) is 12.4 Å². The third-order valence-corrected chi connectivity index (χ3v) is 3.51. The number of hydrogen-bond donors (Lipinski definition) is 0. The molecule has 0 saturated carbocycles. The van der Waals surface area contributed by atoms with Gasteiger partial charge in [-0.2, -0.15) is 0 Å². The normalized spacial score (nSPS) is 11.7. The molecule has 0 aliphatic rings. The van der Waals surface area contributed by atoms with Crippen molar-refractivity contribution >= 4 is 11.4 Å². The van der Waals surface area contributed by atoms with Gasteiger partial charge in [0.25, 0.3) is 0 Å². The molecule has 0 aliphatic heterocycles. The minimum absolute atomic E-state index is 1.04. The first-order valence-electron chi connectivity index (χ1n) is 6.83. The zero-order chi connectivity index (χ0) is 13.8. The van der Waals surface area contributed by atoms with E-state index in [0.29, 0.717) is 0 Å². The lowest BCUT2D eigenvalue weighted by molar-refractivity contribution is 1.13. The molecule has 0 bridgehead atoms. The van der Waals surface area contributed by atoms with Crippen molar-refractivity contribution in [1.29, 1.82) is 0 Å². The highest BCUT2D eigenvalue weighted by atomic mass is 14.8. The molecule has 0 heterocycles. The molecule has 98 valence electrons. The Bertz CT molecular complexity index is 589. The van der Waals surface area contributed by atoms with E-state index in [1.54, 1.807) is 0 Å². The van der Waals surface area contributed by atoms with Crippen molar-refractivity contribution < 1.29 is 0 Å². The molecule has 1 heteroatoms. The number of nitrogens with zero attached hydrogens (tertiary/aromatic N) is 1. The van der Waals surface area contributed by atoms with Gasteiger partial charge in [-0.15, -0.1) is 0 Å². The maximum atomic E-state index is 4.85. The average Bonchev–Trinajstić information content (AvgIpc) is 2.42. The lowest BCUT2D eigenvalue weighted by Gasteiger charge is -2.10. The van der Waals surface area contributed by atoms with E-state index in [4.69, 9.17) is 4.99 Å². The highest BCUT2D eigenvalue weighted by Gasteiger charge is 2.05. The summed E-state index contributed by atoms with van der Waals surface area (Å²) in [5.41, 5.74) is 7.27. The van der Waals surface area contributed by atoms with Crippen LogP contribution in [0.15, 0.2) is 47.5 Å². The predicted molar refractivity (Wildman–Crippen MR) is 83.6 cm³/mol. The number of para-hydroxylation sites is 1. The predicted octanol–water partition coefficient (Wildman–Crippen LogP) is 5.01. The van der Waals surface area contributed by atoms with Gasteiger partial charge in [0, 0.05) is 5.71 Å². The van der Waals surface area contributed by atoms with Crippen molar-refractivity contribution in [3.8, 4) is 0 Å². The zero-order valence-electron chi connectivity index (χ0n) is 12.2. The van der Waals surface area contributed by atoms with Gasteiger partial charge in [-0.25, -0.2) is 0 Å². The molecule has 0 unspecified atom stereocenters. The van der Waals surface area contributed by atoms with E-state index in [1.807, 2.05) is 0 Å². The molecule has 0 aliphatic carbocycles. The third-order valence-electron chi connectivity index (χ3n) is 3.51. The first kappa shape index (κ1) is 13.5. The second-order valence-electron chi connectivity index (χ2n) is 4.95. The van der Waals surface area contributed by atoms with Crippen LogP contribution >= 0.6 is 0 Å². The first-order valence-corrected chi connectivity index (χ1v) is 6.83. The summed E-state index contributed by atoms with van der Waals surface area (Å²) in [6.07, 6.45) is 1.04. The lowest BCUT2D eigenvalue weighted by atomic mass is 10.0. The van der Waals surface area contributed by atoms with E-state index >= 15 is 0 Å².